The molecule has 0 atom stereocenters. The van der Waals surface area contributed by atoms with Crippen molar-refractivity contribution in [2.45, 2.75) is 13.1 Å². The van der Waals surface area contributed by atoms with Crippen molar-refractivity contribution in [2.75, 3.05) is 0 Å². The van der Waals surface area contributed by atoms with Crippen LogP contribution in [0.3, 0.4) is 0 Å². The van der Waals surface area contributed by atoms with Crippen LogP contribution in [-0.2, 0) is 0 Å². The highest BCUT2D eigenvalue weighted by molar-refractivity contribution is 7.03. The van der Waals surface area contributed by atoms with Crippen LogP contribution in [0.1, 0.15) is 0 Å². The van der Waals surface area contributed by atoms with Crippen LogP contribution in [0.2, 0.25) is 13.1 Å². The van der Waals surface area contributed by atoms with Crippen LogP contribution >= 0.6 is 0 Å². The second-order valence-electron chi connectivity index (χ2n) is 17.4. The van der Waals surface area contributed by atoms with Crippen molar-refractivity contribution in [1.29, 1.82) is 0 Å². The van der Waals surface area contributed by atoms with Gasteiger partial charge in [0.15, 0.2) is 0 Å². The van der Waals surface area contributed by atoms with E-state index in [2.05, 4.69) is 256 Å². The SMILES string of the molecule is C[Si]1(C)c2ccc(-c3cccc(-c4cc(-c5ccccc5)cc(-c5ccccc5)c4)c3)cc2-c2cc(-c3cccc(-c4cc(-c5ccccc5)cc(-c5ccccc5)c4)c3)ccc21. The van der Waals surface area contributed by atoms with E-state index in [0.29, 0.717) is 0 Å². The second kappa shape index (κ2) is 16.0. The maximum atomic E-state index is 2.51. The van der Waals surface area contributed by atoms with E-state index in [-0.39, 0.29) is 0 Å². The van der Waals surface area contributed by atoms with Gasteiger partial charge in [0.05, 0.1) is 0 Å². The molecule has 1 heteroatoms. The Morgan fingerprint density at radius 2 is 0.413 bits per heavy atom. The third kappa shape index (κ3) is 7.37. The van der Waals surface area contributed by atoms with Crippen LogP contribution < -0.4 is 10.4 Å². The van der Waals surface area contributed by atoms with Crippen LogP contribution in [0, 0.1) is 0 Å². The first-order valence-corrected chi connectivity index (χ1v) is 25.0. The monoisotopic (exact) mass is 818 g/mol. The molecule has 63 heavy (non-hydrogen) atoms. The topological polar surface area (TPSA) is 0 Å². The van der Waals surface area contributed by atoms with Gasteiger partial charge < -0.3 is 0 Å². The van der Waals surface area contributed by atoms with E-state index in [1.165, 1.54) is 111 Å². The summed E-state index contributed by atoms with van der Waals surface area (Å²) in [6.07, 6.45) is 0. The second-order valence-corrected chi connectivity index (χ2v) is 21.7. The van der Waals surface area contributed by atoms with Gasteiger partial charge >= 0.3 is 0 Å². The quantitative estimate of drug-likeness (QED) is 0.134. The van der Waals surface area contributed by atoms with E-state index in [4.69, 9.17) is 0 Å². The average molecular weight is 819 g/mol. The molecule has 10 aromatic rings. The zero-order valence-corrected chi connectivity index (χ0v) is 36.6. The highest BCUT2D eigenvalue weighted by Crippen LogP contribution is 2.39. The smallest absolute Gasteiger partial charge is 0.0622 e. The number of hydrogen-bond acceptors (Lipinski definition) is 0. The van der Waals surface area contributed by atoms with Gasteiger partial charge in [-0.2, -0.15) is 0 Å². The minimum absolute atomic E-state index is 1.21. The molecule has 11 rings (SSSR count). The maximum Gasteiger partial charge on any atom is 0.113 e. The molecule has 298 valence electrons. The Kier molecular flexibility index (Phi) is 9.76. The number of hydrogen-bond donors (Lipinski definition) is 0. The Morgan fingerprint density at radius 3 is 0.714 bits per heavy atom. The maximum absolute atomic E-state index is 2.51. The minimum Gasteiger partial charge on any atom is -0.0622 e. The lowest BCUT2D eigenvalue weighted by molar-refractivity contribution is 1.55. The molecule has 0 saturated heterocycles. The van der Waals surface area contributed by atoms with Crippen LogP contribution in [0.25, 0.3) is 100 Å². The fourth-order valence-electron chi connectivity index (χ4n) is 9.66. The molecule has 1 heterocycles. The van der Waals surface area contributed by atoms with Crippen molar-refractivity contribution in [3.05, 3.63) is 243 Å². The van der Waals surface area contributed by atoms with Crippen molar-refractivity contribution in [3.63, 3.8) is 0 Å². The molecule has 0 bridgehead atoms. The molecule has 0 amide bonds. The predicted octanol–water partition coefficient (Wildman–Crippen LogP) is 15.8. The van der Waals surface area contributed by atoms with Crippen molar-refractivity contribution in [3.8, 4) is 100 Å². The van der Waals surface area contributed by atoms with Crippen molar-refractivity contribution in [1.82, 2.24) is 0 Å². The van der Waals surface area contributed by atoms with E-state index in [0.717, 1.165) is 0 Å². The Balaban J connectivity index is 0.965. The first kappa shape index (κ1) is 38.3. The molecule has 0 nitrogen and oxygen atoms in total. The molecular weight excluding hydrogens is 773 g/mol. The molecular formula is C62H46Si. The first-order chi connectivity index (χ1) is 30.9. The molecule has 0 radical (unpaired) electrons. The van der Waals surface area contributed by atoms with Gasteiger partial charge in [0.2, 0.25) is 0 Å². The summed E-state index contributed by atoms with van der Waals surface area (Å²) in [6, 6.07) is 89.6. The summed E-state index contributed by atoms with van der Waals surface area (Å²) < 4.78 is 0. The Bertz CT molecular complexity index is 2940. The van der Waals surface area contributed by atoms with Crippen LogP contribution in [0.4, 0.5) is 0 Å². The molecule has 0 spiro atoms. The van der Waals surface area contributed by atoms with Crippen molar-refractivity contribution >= 4 is 18.4 Å². The normalized spacial score (nSPS) is 12.4. The summed E-state index contributed by atoms with van der Waals surface area (Å²) in [5.74, 6) is 0. The van der Waals surface area contributed by atoms with Crippen LogP contribution in [0.15, 0.2) is 243 Å². The lowest BCUT2D eigenvalue weighted by atomic mass is 9.91. The largest absolute Gasteiger partial charge is 0.113 e. The van der Waals surface area contributed by atoms with Gasteiger partial charge in [0, 0.05) is 0 Å². The summed E-state index contributed by atoms with van der Waals surface area (Å²) in [4.78, 5) is 0. The Hall–Kier alpha value is -7.58. The summed E-state index contributed by atoms with van der Waals surface area (Å²) in [6.45, 7) is 5.01. The number of benzene rings is 10. The number of rotatable bonds is 8. The fourth-order valence-corrected chi connectivity index (χ4v) is 12.7. The standard InChI is InChI=1S/C62H46Si/c1-63(2)61-31-29-51(47-25-15-27-49(33-47)57-37-53(43-17-7-3-8-18-43)35-54(38-57)44-19-9-4-10-20-44)41-59(61)60-42-52(30-32-62(60)63)48-26-16-28-50(34-48)58-39-55(45-21-11-5-12-22-45)36-56(40-58)46-23-13-6-14-24-46/h3-42H,1-2H3. The molecule has 0 saturated carbocycles. The summed E-state index contributed by atoms with van der Waals surface area (Å²) >= 11 is 0. The average Bonchev–Trinajstić information content (AvgIpc) is 3.59. The molecule has 0 N–H and O–H groups in total. The van der Waals surface area contributed by atoms with E-state index in [1.807, 2.05) is 0 Å². The van der Waals surface area contributed by atoms with Gasteiger partial charge in [0.25, 0.3) is 0 Å². The molecule has 0 unspecified atom stereocenters. The highest BCUT2D eigenvalue weighted by Gasteiger charge is 2.37. The molecule has 0 aliphatic carbocycles. The van der Waals surface area contributed by atoms with E-state index < -0.39 is 8.07 Å². The minimum atomic E-state index is -1.91. The third-order valence-electron chi connectivity index (χ3n) is 13.0. The molecule has 0 fully saturated rings. The fraction of sp³-hybridized carbons (Fsp3) is 0.0323. The molecule has 1 aliphatic rings. The van der Waals surface area contributed by atoms with Crippen molar-refractivity contribution in [2.24, 2.45) is 0 Å². The van der Waals surface area contributed by atoms with Gasteiger partial charge in [-0.05, 0) is 171 Å². The van der Waals surface area contributed by atoms with Crippen molar-refractivity contribution < 1.29 is 0 Å². The van der Waals surface area contributed by atoms with E-state index in [1.54, 1.807) is 0 Å². The Labute approximate surface area is 372 Å². The number of fused-ring (bicyclic) bond motifs is 3. The van der Waals surface area contributed by atoms with Gasteiger partial charge in [0.1, 0.15) is 8.07 Å². The summed E-state index contributed by atoms with van der Waals surface area (Å²) in [5, 5.41) is 3.02. The van der Waals surface area contributed by atoms with Crippen LogP contribution in [-0.4, -0.2) is 8.07 Å². The Morgan fingerprint density at radius 1 is 0.190 bits per heavy atom. The highest BCUT2D eigenvalue weighted by atomic mass is 28.3. The van der Waals surface area contributed by atoms with Crippen LogP contribution in [0.5, 0.6) is 0 Å². The lowest BCUT2D eigenvalue weighted by Gasteiger charge is -2.19. The summed E-state index contributed by atoms with van der Waals surface area (Å²) in [7, 11) is -1.91. The molecule has 0 aromatic heterocycles. The lowest BCUT2D eigenvalue weighted by Crippen LogP contribution is -2.49. The zero-order chi connectivity index (χ0) is 42.3. The molecule has 10 aromatic carbocycles. The van der Waals surface area contributed by atoms with Gasteiger partial charge in [-0.1, -0.05) is 195 Å². The van der Waals surface area contributed by atoms with E-state index in [9.17, 15) is 0 Å². The van der Waals surface area contributed by atoms with E-state index >= 15 is 0 Å². The van der Waals surface area contributed by atoms with Gasteiger partial charge in [-0.15, -0.1) is 0 Å². The van der Waals surface area contributed by atoms with Gasteiger partial charge in [-0.3, -0.25) is 0 Å². The van der Waals surface area contributed by atoms with Gasteiger partial charge in [-0.25, -0.2) is 0 Å². The zero-order valence-electron chi connectivity index (χ0n) is 35.6. The third-order valence-corrected chi connectivity index (χ3v) is 16.6. The first-order valence-electron chi connectivity index (χ1n) is 22.0. The predicted molar refractivity (Wildman–Crippen MR) is 272 cm³/mol. The summed E-state index contributed by atoms with van der Waals surface area (Å²) in [5.41, 5.74) is 22.3. The molecule has 1 aliphatic heterocycles.